The van der Waals surface area contributed by atoms with E-state index in [0.29, 0.717) is 6.54 Å². The number of rotatable bonds is 7. The summed E-state index contributed by atoms with van der Waals surface area (Å²) in [4.78, 5) is 13.7. The third-order valence-corrected chi connectivity index (χ3v) is 2.63. The van der Waals surface area contributed by atoms with Crippen LogP contribution in [0.25, 0.3) is 0 Å². The summed E-state index contributed by atoms with van der Waals surface area (Å²) in [6, 6.07) is 0.157. The van der Waals surface area contributed by atoms with Gasteiger partial charge in [-0.25, -0.2) is 0 Å². The van der Waals surface area contributed by atoms with Crippen molar-refractivity contribution < 1.29 is 4.79 Å². The van der Waals surface area contributed by atoms with Crippen molar-refractivity contribution in [2.75, 3.05) is 20.1 Å². The fourth-order valence-corrected chi connectivity index (χ4v) is 1.47. The van der Waals surface area contributed by atoms with E-state index in [1.807, 2.05) is 25.8 Å². The van der Waals surface area contributed by atoms with E-state index in [1.165, 1.54) is 0 Å². The lowest BCUT2D eigenvalue weighted by Crippen LogP contribution is -2.47. The molecule has 0 aromatic carbocycles. The van der Waals surface area contributed by atoms with E-state index in [0.717, 1.165) is 19.4 Å². The Morgan fingerprint density at radius 3 is 2.53 bits per heavy atom. The van der Waals surface area contributed by atoms with E-state index in [4.69, 9.17) is 5.73 Å². The molecular weight excluding hydrogens is 190 g/mol. The maximum atomic E-state index is 11.8. The average Bonchev–Trinajstić information content (AvgIpc) is 2.17. The summed E-state index contributed by atoms with van der Waals surface area (Å²) in [6.07, 6.45) is 2.12. The van der Waals surface area contributed by atoms with E-state index in [2.05, 4.69) is 12.2 Å². The van der Waals surface area contributed by atoms with E-state index >= 15 is 0 Å². The molecule has 0 aliphatic heterocycles. The molecule has 0 spiro atoms. The molecule has 0 rings (SSSR count). The highest BCUT2D eigenvalue weighted by Gasteiger charge is 2.18. The maximum Gasteiger partial charge on any atom is 0.237 e. The summed E-state index contributed by atoms with van der Waals surface area (Å²) in [7, 11) is 1.92. The number of hydrogen-bond donors (Lipinski definition) is 2. The minimum absolute atomic E-state index is 0.0897. The first-order valence-electron chi connectivity index (χ1n) is 5.73. The van der Waals surface area contributed by atoms with Gasteiger partial charge in [-0.1, -0.05) is 13.3 Å². The molecule has 4 nitrogen and oxygen atoms in total. The molecule has 0 radical (unpaired) electrons. The summed E-state index contributed by atoms with van der Waals surface area (Å²) in [5.74, 6) is 0.0897. The van der Waals surface area contributed by atoms with Crippen LogP contribution in [-0.4, -0.2) is 43.0 Å². The highest BCUT2D eigenvalue weighted by molar-refractivity contribution is 5.81. The van der Waals surface area contributed by atoms with Crippen molar-refractivity contribution >= 4 is 5.91 Å². The van der Waals surface area contributed by atoms with Crippen LogP contribution in [0.5, 0.6) is 0 Å². The SMILES string of the molecule is CCCC(C)NC(=O)C(C)N(C)CCN. The third-order valence-electron chi connectivity index (χ3n) is 2.63. The smallest absolute Gasteiger partial charge is 0.237 e. The van der Waals surface area contributed by atoms with Crippen LogP contribution in [-0.2, 0) is 4.79 Å². The number of hydrogen-bond acceptors (Lipinski definition) is 3. The van der Waals surface area contributed by atoms with Crippen LogP contribution in [0.2, 0.25) is 0 Å². The Morgan fingerprint density at radius 1 is 1.47 bits per heavy atom. The maximum absolute atomic E-state index is 11.8. The fraction of sp³-hybridized carbons (Fsp3) is 0.909. The van der Waals surface area contributed by atoms with E-state index in [-0.39, 0.29) is 18.0 Å². The minimum Gasteiger partial charge on any atom is -0.352 e. The fourth-order valence-electron chi connectivity index (χ4n) is 1.47. The van der Waals surface area contributed by atoms with Gasteiger partial charge in [-0.15, -0.1) is 0 Å². The molecule has 0 saturated heterocycles. The molecule has 2 unspecified atom stereocenters. The van der Waals surface area contributed by atoms with Gasteiger partial charge in [0.05, 0.1) is 6.04 Å². The molecule has 1 amide bonds. The van der Waals surface area contributed by atoms with Gasteiger partial charge >= 0.3 is 0 Å². The van der Waals surface area contributed by atoms with Crippen LogP contribution in [0.15, 0.2) is 0 Å². The van der Waals surface area contributed by atoms with Crippen LogP contribution < -0.4 is 11.1 Å². The molecule has 0 bridgehead atoms. The van der Waals surface area contributed by atoms with Crippen molar-refractivity contribution in [2.45, 2.75) is 45.7 Å². The number of nitrogens with two attached hydrogens (primary N) is 1. The molecule has 4 heteroatoms. The summed E-state index contributed by atoms with van der Waals surface area (Å²) in [5, 5.41) is 3.00. The van der Waals surface area contributed by atoms with Crippen LogP contribution in [0.1, 0.15) is 33.6 Å². The number of likely N-dealkylation sites (N-methyl/N-ethyl adjacent to an activating group) is 1. The van der Waals surface area contributed by atoms with Gasteiger partial charge in [0.1, 0.15) is 0 Å². The molecule has 0 fully saturated rings. The predicted octanol–water partition coefficient (Wildman–Crippen LogP) is 0.570. The Bertz CT molecular complexity index is 185. The lowest BCUT2D eigenvalue weighted by Gasteiger charge is -2.24. The predicted molar refractivity (Wildman–Crippen MR) is 63.7 cm³/mol. The molecule has 0 aromatic rings. The van der Waals surface area contributed by atoms with E-state index in [9.17, 15) is 4.79 Å². The third kappa shape index (κ3) is 5.74. The Balaban J connectivity index is 3.97. The van der Waals surface area contributed by atoms with Crippen molar-refractivity contribution in [1.82, 2.24) is 10.2 Å². The highest BCUT2D eigenvalue weighted by Crippen LogP contribution is 1.99. The van der Waals surface area contributed by atoms with Gasteiger partial charge in [0.15, 0.2) is 0 Å². The Labute approximate surface area is 93.2 Å². The second-order valence-corrected chi connectivity index (χ2v) is 4.14. The van der Waals surface area contributed by atoms with Crippen molar-refractivity contribution in [3.05, 3.63) is 0 Å². The number of carbonyl (C=O) groups is 1. The molecule has 2 atom stereocenters. The number of nitrogens with one attached hydrogen (secondary N) is 1. The molecule has 0 heterocycles. The van der Waals surface area contributed by atoms with Gasteiger partial charge in [-0.05, 0) is 27.3 Å². The van der Waals surface area contributed by atoms with Crippen LogP contribution in [0, 0.1) is 0 Å². The van der Waals surface area contributed by atoms with Gasteiger partial charge in [-0.3, -0.25) is 9.69 Å². The monoisotopic (exact) mass is 215 g/mol. The van der Waals surface area contributed by atoms with Gasteiger partial charge in [0, 0.05) is 19.1 Å². The Hall–Kier alpha value is -0.610. The number of carbonyl (C=O) groups excluding carboxylic acids is 1. The van der Waals surface area contributed by atoms with Crippen molar-refractivity contribution in [3.63, 3.8) is 0 Å². The quantitative estimate of drug-likeness (QED) is 0.653. The molecule has 0 aromatic heterocycles. The van der Waals surface area contributed by atoms with Crippen LogP contribution in [0.4, 0.5) is 0 Å². The van der Waals surface area contributed by atoms with Gasteiger partial charge in [0.2, 0.25) is 5.91 Å². The molecule has 90 valence electrons. The second kappa shape index (κ2) is 7.65. The van der Waals surface area contributed by atoms with Crippen molar-refractivity contribution in [3.8, 4) is 0 Å². The van der Waals surface area contributed by atoms with Crippen LogP contribution in [0.3, 0.4) is 0 Å². The summed E-state index contributed by atoms with van der Waals surface area (Å²) in [6.45, 7) is 7.39. The normalized spacial score (nSPS) is 15.1. The largest absolute Gasteiger partial charge is 0.352 e. The van der Waals surface area contributed by atoms with E-state index in [1.54, 1.807) is 0 Å². The van der Waals surface area contributed by atoms with E-state index < -0.39 is 0 Å². The average molecular weight is 215 g/mol. The summed E-state index contributed by atoms with van der Waals surface area (Å²) < 4.78 is 0. The zero-order valence-corrected chi connectivity index (χ0v) is 10.4. The first-order chi connectivity index (χ1) is 7.02. The molecular formula is C11H25N3O. The standard InChI is InChI=1S/C11H25N3O/c1-5-6-9(2)13-11(15)10(3)14(4)8-7-12/h9-10H,5-8,12H2,1-4H3,(H,13,15). The topological polar surface area (TPSA) is 58.4 Å². The molecule has 15 heavy (non-hydrogen) atoms. The summed E-state index contributed by atoms with van der Waals surface area (Å²) in [5.41, 5.74) is 5.44. The minimum atomic E-state index is -0.104. The Morgan fingerprint density at radius 2 is 2.07 bits per heavy atom. The first kappa shape index (κ1) is 14.4. The van der Waals surface area contributed by atoms with Crippen LogP contribution >= 0.6 is 0 Å². The molecule has 0 aliphatic rings. The van der Waals surface area contributed by atoms with Gasteiger partial charge in [-0.2, -0.15) is 0 Å². The lowest BCUT2D eigenvalue weighted by atomic mass is 10.2. The van der Waals surface area contributed by atoms with Crippen molar-refractivity contribution in [1.29, 1.82) is 0 Å². The number of amides is 1. The Kier molecular flexibility index (Phi) is 7.34. The second-order valence-electron chi connectivity index (χ2n) is 4.14. The zero-order chi connectivity index (χ0) is 11.8. The summed E-state index contributed by atoms with van der Waals surface area (Å²) >= 11 is 0. The van der Waals surface area contributed by atoms with Crippen molar-refractivity contribution in [2.24, 2.45) is 5.73 Å². The molecule has 0 aliphatic carbocycles. The first-order valence-corrected chi connectivity index (χ1v) is 5.73. The number of nitrogens with zero attached hydrogens (tertiary/aromatic N) is 1. The highest BCUT2D eigenvalue weighted by atomic mass is 16.2. The van der Waals surface area contributed by atoms with Gasteiger partial charge in [0.25, 0.3) is 0 Å². The zero-order valence-electron chi connectivity index (χ0n) is 10.4. The molecule has 3 N–H and O–H groups in total. The lowest BCUT2D eigenvalue weighted by molar-refractivity contribution is -0.126. The van der Waals surface area contributed by atoms with Gasteiger partial charge < -0.3 is 11.1 Å². The molecule has 0 saturated carbocycles.